The highest BCUT2D eigenvalue weighted by Crippen LogP contribution is 2.28. The molecule has 32 heavy (non-hydrogen) atoms. The fourth-order valence-electron chi connectivity index (χ4n) is 3.99. The van der Waals surface area contributed by atoms with Crippen molar-refractivity contribution in [2.24, 2.45) is 0 Å². The Kier molecular flexibility index (Phi) is 5.33. The molecule has 0 aliphatic heterocycles. The standard InChI is InChI=1S/C27H26N4O/c1-17-8-9-20-15-21(16-28-18(2)27-30-23-6-4-5-7-24(23)31-27)26(29-25(20)14-17)19-10-12-22(32-3)13-11-19/h4-15,18,28H,16H2,1-3H3,(H,30,31). The number of pyridine rings is 1. The van der Waals surface area contributed by atoms with Crippen LogP contribution in [0.25, 0.3) is 33.2 Å². The fourth-order valence-corrected chi connectivity index (χ4v) is 3.99. The Morgan fingerprint density at radius 2 is 1.75 bits per heavy atom. The Labute approximate surface area is 187 Å². The largest absolute Gasteiger partial charge is 0.497 e. The lowest BCUT2D eigenvalue weighted by atomic mass is 10.0. The summed E-state index contributed by atoms with van der Waals surface area (Å²) >= 11 is 0. The molecule has 1 atom stereocenters. The summed E-state index contributed by atoms with van der Waals surface area (Å²) in [5, 5.41) is 4.77. The van der Waals surface area contributed by atoms with Gasteiger partial charge in [-0.05, 0) is 73.5 Å². The normalized spacial score (nSPS) is 12.3. The monoisotopic (exact) mass is 422 g/mol. The van der Waals surface area contributed by atoms with E-state index in [2.05, 4.69) is 66.6 Å². The van der Waals surface area contributed by atoms with Crippen LogP contribution in [0.4, 0.5) is 0 Å². The predicted molar refractivity (Wildman–Crippen MR) is 130 cm³/mol. The van der Waals surface area contributed by atoms with Gasteiger partial charge in [-0.1, -0.05) is 24.3 Å². The summed E-state index contributed by atoms with van der Waals surface area (Å²) in [5.74, 6) is 1.77. The number of hydrogen-bond donors (Lipinski definition) is 2. The third-order valence-electron chi connectivity index (χ3n) is 5.83. The number of nitrogens with one attached hydrogen (secondary N) is 2. The lowest BCUT2D eigenvalue weighted by Gasteiger charge is -2.15. The van der Waals surface area contributed by atoms with Crippen LogP contribution in [-0.2, 0) is 6.54 Å². The molecule has 0 aliphatic rings. The van der Waals surface area contributed by atoms with Crippen molar-refractivity contribution in [3.05, 3.63) is 89.7 Å². The average Bonchev–Trinajstić information content (AvgIpc) is 3.26. The predicted octanol–water partition coefficient (Wildman–Crippen LogP) is 5.95. The minimum Gasteiger partial charge on any atom is -0.497 e. The molecule has 0 spiro atoms. The minimum absolute atomic E-state index is 0.0693. The van der Waals surface area contributed by atoms with Gasteiger partial charge in [0.25, 0.3) is 0 Å². The Morgan fingerprint density at radius 1 is 0.938 bits per heavy atom. The first-order valence-electron chi connectivity index (χ1n) is 10.8. The molecule has 2 N–H and O–H groups in total. The molecule has 5 nitrogen and oxygen atoms in total. The molecular formula is C27H26N4O. The van der Waals surface area contributed by atoms with E-state index in [0.29, 0.717) is 6.54 Å². The van der Waals surface area contributed by atoms with E-state index < -0.39 is 0 Å². The van der Waals surface area contributed by atoms with Crippen molar-refractivity contribution < 1.29 is 4.74 Å². The number of H-pyrrole nitrogens is 1. The number of rotatable bonds is 6. The van der Waals surface area contributed by atoms with Gasteiger partial charge in [0.05, 0.1) is 35.4 Å². The zero-order valence-corrected chi connectivity index (χ0v) is 18.5. The Hall–Kier alpha value is -3.70. The smallest absolute Gasteiger partial charge is 0.124 e. The highest BCUT2D eigenvalue weighted by Gasteiger charge is 2.14. The summed E-state index contributed by atoms with van der Waals surface area (Å²) in [6, 6.07) is 24.9. The van der Waals surface area contributed by atoms with Crippen molar-refractivity contribution in [1.82, 2.24) is 20.3 Å². The molecule has 2 aromatic heterocycles. The van der Waals surface area contributed by atoms with Gasteiger partial charge in [0, 0.05) is 17.5 Å². The second-order valence-electron chi connectivity index (χ2n) is 8.16. The molecule has 160 valence electrons. The molecule has 0 fully saturated rings. The van der Waals surface area contributed by atoms with E-state index in [1.807, 2.05) is 30.3 Å². The number of para-hydroxylation sites is 2. The summed E-state index contributed by atoms with van der Waals surface area (Å²) in [4.78, 5) is 13.2. The topological polar surface area (TPSA) is 62.8 Å². The van der Waals surface area contributed by atoms with Crippen molar-refractivity contribution in [3.63, 3.8) is 0 Å². The van der Waals surface area contributed by atoms with Gasteiger partial charge in [0.1, 0.15) is 11.6 Å². The van der Waals surface area contributed by atoms with Crippen LogP contribution in [0, 0.1) is 6.92 Å². The molecule has 0 amide bonds. The molecule has 0 saturated heterocycles. The summed E-state index contributed by atoms with van der Waals surface area (Å²) in [6.45, 7) is 4.90. The van der Waals surface area contributed by atoms with E-state index in [9.17, 15) is 0 Å². The molecule has 2 heterocycles. The number of fused-ring (bicyclic) bond motifs is 2. The SMILES string of the molecule is COc1ccc(-c2nc3cc(C)ccc3cc2CNC(C)c2nc3ccccc3[nH]2)cc1. The second-order valence-corrected chi connectivity index (χ2v) is 8.16. The van der Waals surface area contributed by atoms with E-state index in [0.717, 1.165) is 50.3 Å². The number of hydrogen-bond acceptors (Lipinski definition) is 4. The van der Waals surface area contributed by atoms with Crippen molar-refractivity contribution >= 4 is 21.9 Å². The van der Waals surface area contributed by atoms with Gasteiger partial charge in [-0.2, -0.15) is 0 Å². The van der Waals surface area contributed by atoms with E-state index >= 15 is 0 Å². The molecule has 0 radical (unpaired) electrons. The fraction of sp³-hybridized carbons (Fsp3) is 0.185. The Bertz CT molecular complexity index is 1360. The summed E-state index contributed by atoms with van der Waals surface area (Å²) in [6.07, 6.45) is 0. The van der Waals surface area contributed by atoms with Crippen LogP contribution in [0.1, 0.15) is 29.9 Å². The molecule has 1 unspecified atom stereocenters. The van der Waals surface area contributed by atoms with Gasteiger partial charge in [0.15, 0.2) is 0 Å². The lowest BCUT2D eigenvalue weighted by molar-refractivity contribution is 0.415. The quantitative estimate of drug-likeness (QED) is 0.355. The molecule has 5 aromatic rings. The first-order chi connectivity index (χ1) is 15.6. The number of aryl methyl sites for hydroxylation is 1. The number of ether oxygens (including phenoxy) is 1. The number of nitrogens with zero attached hydrogens (tertiary/aromatic N) is 2. The summed E-state index contributed by atoms with van der Waals surface area (Å²) in [5.41, 5.74) is 7.45. The average molecular weight is 423 g/mol. The molecule has 0 saturated carbocycles. The summed E-state index contributed by atoms with van der Waals surface area (Å²) < 4.78 is 5.33. The highest BCUT2D eigenvalue weighted by atomic mass is 16.5. The number of aromatic nitrogens is 3. The zero-order valence-electron chi connectivity index (χ0n) is 18.5. The number of methoxy groups -OCH3 is 1. The van der Waals surface area contributed by atoms with Crippen molar-refractivity contribution in [3.8, 4) is 17.0 Å². The van der Waals surface area contributed by atoms with Crippen molar-refractivity contribution in [2.75, 3.05) is 7.11 Å². The van der Waals surface area contributed by atoms with Gasteiger partial charge in [-0.3, -0.25) is 0 Å². The molecule has 3 aromatic carbocycles. The third-order valence-corrected chi connectivity index (χ3v) is 5.83. The molecule has 0 bridgehead atoms. The van der Waals surface area contributed by atoms with Crippen molar-refractivity contribution in [2.45, 2.75) is 26.4 Å². The third kappa shape index (κ3) is 3.95. The van der Waals surface area contributed by atoms with Crippen LogP contribution < -0.4 is 10.1 Å². The lowest BCUT2D eigenvalue weighted by Crippen LogP contribution is -2.20. The van der Waals surface area contributed by atoms with Crippen LogP contribution in [0.5, 0.6) is 5.75 Å². The molecule has 5 rings (SSSR count). The van der Waals surface area contributed by atoms with E-state index in [1.54, 1.807) is 7.11 Å². The van der Waals surface area contributed by atoms with Gasteiger partial charge >= 0.3 is 0 Å². The Morgan fingerprint density at radius 3 is 2.53 bits per heavy atom. The summed E-state index contributed by atoms with van der Waals surface area (Å²) in [7, 11) is 1.68. The highest BCUT2D eigenvalue weighted by molar-refractivity contribution is 5.84. The molecular weight excluding hydrogens is 396 g/mol. The molecule has 5 heteroatoms. The van der Waals surface area contributed by atoms with Crippen LogP contribution in [0.2, 0.25) is 0 Å². The van der Waals surface area contributed by atoms with Gasteiger partial charge in [-0.25, -0.2) is 9.97 Å². The maximum atomic E-state index is 5.33. The van der Waals surface area contributed by atoms with E-state index in [1.165, 1.54) is 5.56 Å². The number of aromatic amines is 1. The minimum atomic E-state index is 0.0693. The maximum absolute atomic E-state index is 5.33. The number of benzene rings is 3. The zero-order chi connectivity index (χ0) is 22.1. The number of imidazole rings is 1. The van der Waals surface area contributed by atoms with Crippen LogP contribution in [0.15, 0.2) is 72.8 Å². The second kappa shape index (κ2) is 8.44. The first-order valence-corrected chi connectivity index (χ1v) is 10.8. The first kappa shape index (κ1) is 20.2. The maximum Gasteiger partial charge on any atom is 0.124 e. The van der Waals surface area contributed by atoms with Crippen molar-refractivity contribution in [1.29, 1.82) is 0 Å². The van der Waals surface area contributed by atoms with Gasteiger partial charge in [0.2, 0.25) is 0 Å². The van der Waals surface area contributed by atoms with Crippen LogP contribution in [0.3, 0.4) is 0 Å². The van der Waals surface area contributed by atoms with E-state index in [-0.39, 0.29) is 6.04 Å². The van der Waals surface area contributed by atoms with Gasteiger partial charge < -0.3 is 15.0 Å². The molecule has 0 aliphatic carbocycles. The van der Waals surface area contributed by atoms with Crippen LogP contribution in [-0.4, -0.2) is 22.1 Å². The van der Waals surface area contributed by atoms with E-state index in [4.69, 9.17) is 14.7 Å². The Balaban J connectivity index is 1.48. The van der Waals surface area contributed by atoms with Gasteiger partial charge in [-0.15, -0.1) is 0 Å². The van der Waals surface area contributed by atoms with Crippen LogP contribution >= 0.6 is 0 Å².